The van der Waals surface area contributed by atoms with E-state index < -0.39 is 0 Å². The van der Waals surface area contributed by atoms with Crippen molar-refractivity contribution in [2.45, 2.75) is 0 Å². The van der Waals surface area contributed by atoms with Crippen LogP contribution in [0.5, 0.6) is 5.88 Å². The Hall–Kier alpha value is -2.43. The average Bonchev–Trinajstić information content (AvgIpc) is 2.87. The van der Waals surface area contributed by atoms with Crippen molar-refractivity contribution in [3.63, 3.8) is 0 Å². The molecule has 0 atom stereocenters. The lowest BCUT2D eigenvalue weighted by molar-refractivity contribution is 0.398. The van der Waals surface area contributed by atoms with Crippen molar-refractivity contribution in [2.24, 2.45) is 0 Å². The molecule has 0 saturated heterocycles. The molecule has 0 amide bonds. The van der Waals surface area contributed by atoms with Crippen molar-refractivity contribution >= 4 is 5.65 Å². The molecule has 17 heavy (non-hydrogen) atoms. The summed E-state index contributed by atoms with van der Waals surface area (Å²) in [5.41, 5.74) is 2.77. The molecule has 0 saturated carbocycles. The minimum Gasteiger partial charge on any atom is -0.481 e. The molecule has 5 nitrogen and oxygen atoms in total. The van der Waals surface area contributed by atoms with Crippen molar-refractivity contribution in [1.29, 1.82) is 0 Å². The zero-order valence-corrected chi connectivity index (χ0v) is 9.24. The molecule has 0 radical (unpaired) electrons. The Morgan fingerprint density at radius 3 is 3.00 bits per heavy atom. The zero-order chi connectivity index (χ0) is 11.7. The average molecular weight is 226 g/mol. The van der Waals surface area contributed by atoms with E-state index in [2.05, 4.69) is 15.1 Å². The lowest BCUT2D eigenvalue weighted by atomic mass is 10.2. The molecule has 0 aliphatic heterocycles. The van der Waals surface area contributed by atoms with Gasteiger partial charge in [0, 0.05) is 17.8 Å². The van der Waals surface area contributed by atoms with Gasteiger partial charge in [-0.1, -0.05) is 6.07 Å². The van der Waals surface area contributed by atoms with Crippen LogP contribution in [0.15, 0.2) is 42.9 Å². The quantitative estimate of drug-likeness (QED) is 0.668. The molecule has 5 heteroatoms. The lowest BCUT2D eigenvalue weighted by Gasteiger charge is -2.05. The number of ether oxygens (including phenoxy) is 1. The topological polar surface area (TPSA) is 52.3 Å². The summed E-state index contributed by atoms with van der Waals surface area (Å²) in [6, 6.07) is 9.63. The minimum absolute atomic E-state index is 0.583. The Balaban J connectivity index is 2.23. The highest BCUT2D eigenvalue weighted by Gasteiger charge is 2.05. The summed E-state index contributed by atoms with van der Waals surface area (Å²) in [6.45, 7) is 0. The summed E-state index contributed by atoms with van der Waals surface area (Å²) in [4.78, 5) is 8.24. The van der Waals surface area contributed by atoms with Crippen LogP contribution < -0.4 is 4.74 Å². The monoisotopic (exact) mass is 226 g/mol. The number of methoxy groups -OCH3 is 1. The van der Waals surface area contributed by atoms with Crippen LogP contribution in [0.3, 0.4) is 0 Å². The maximum absolute atomic E-state index is 5.11. The second-order valence-electron chi connectivity index (χ2n) is 3.53. The predicted octanol–water partition coefficient (Wildman–Crippen LogP) is 1.80. The fourth-order valence-corrected chi connectivity index (χ4v) is 1.74. The molecule has 84 valence electrons. The van der Waals surface area contributed by atoms with Gasteiger partial charge in [-0.2, -0.15) is 5.10 Å². The van der Waals surface area contributed by atoms with Crippen LogP contribution in [0, 0.1) is 0 Å². The SMILES string of the molecule is COc1cc(-c2cccc3ncnn23)ccn1. The number of hydrogen-bond donors (Lipinski definition) is 0. The number of nitrogens with zero attached hydrogens (tertiary/aromatic N) is 4. The molecular formula is C12H10N4O. The molecular weight excluding hydrogens is 216 g/mol. The van der Waals surface area contributed by atoms with Gasteiger partial charge in [0.25, 0.3) is 0 Å². The van der Waals surface area contributed by atoms with Crippen molar-refractivity contribution in [2.75, 3.05) is 7.11 Å². The first-order valence-corrected chi connectivity index (χ1v) is 5.17. The molecule has 3 aromatic rings. The zero-order valence-electron chi connectivity index (χ0n) is 9.24. The highest BCUT2D eigenvalue weighted by molar-refractivity contribution is 5.63. The van der Waals surface area contributed by atoms with Gasteiger partial charge in [-0.25, -0.2) is 14.5 Å². The fraction of sp³-hybridized carbons (Fsp3) is 0.0833. The molecule has 0 unspecified atom stereocenters. The van der Waals surface area contributed by atoms with Crippen LogP contribution in [0.4, 0.5) is 0 Å². The second kappa shape index (κ2) is 3.86. The van der Waals surface area contributed by atoms with E-state index in [0.717, 1.165) is 16.9 Å². The van der Waals surface area contributed by atoms with Crippen molar-refractivity contribution in [1.82, 2.24) is 19.6 Å². The number of pyridine rings is 2. The van der Waals surface area contributed by atoms with Crippen LogP contribution in [0.2, 0.25) is 0 Å². The third kappa shape index (κ3) is 1.61. The van der Waals surface area contributed by atoms with Gasteiger partial charge in [-0.3, -0.25) is 0 Å². The van der Waals surface area contributed by atoms with Gasteiger partial charge in [0.15, 0.2) is 5.65 Å². The van der Waals surface area contributed by atoms with Gasteiger partial charge in [0.05, 0.1) is 12.8 Å². The largest absolute Gasteiger partial charge is 0.481 e. The van der Waals surface area contributed by atoms with Gasteiger partial charge in [-0.05, 0) is 18.2 Å². The number of fused-ring (bicyclic) bond motifs is 1. The Morgan fingerprint density at radius 1 is 1.18 bits per heavy atom. The van der Waals surface area contributed by atoms with Crippen LogP contribution >= 0.6 is 0 Å². The van der Waals surface area contributed by atoms with Crippen molar-refractivity contribution in [3.8, 4) is 17.1 Å². The van der Waals surface area contributed by atoms with E-state index in [1.165, 1.54) is 6.33 Å². The van der Waals surface area contributed by atoms with E-state index in [9.17, 15) is 0 Å². The maximum Gasteiger partial charge on any atom is 0.213 e. The summed E-state index contributed by atoms with van der Waals surface area (Å²) in [6.07, 6.45) is 3.25. The molecule has 3 aromatic heterocycles. The third-order valence-corrected chi connectivity index (χ3v) is 2.54. The normalized spacial score (nSPS) is 10.6. The Bertz CT molecular complexity index is 662. The summed E-state index contributed by atoms with van der Waals surface area (Å²) >= 11 is 0. The maximum atomic E-state index is 5.11. The molecule has 3 rings (SSSR count). The summed E-state index contributed by atoms with van der Waals surface area (Å²) < 4.78 is 6.90. The fourth-order valence-electron chi connectivity index (χ4n) is 1.74. The van der Waals surface area contributed by atoms with Gasteiger partial charge < -0.3 is 4.74 Å². The molecule has 0 aromatic carbocycles. The van der Waals surface area contributed by atoms with Crippen molar-refractivity contribution in [3.05, 3.63) is 42.9 Å². The summed E-state index contributed by atoms with van der Waals surface area (Å²) in [7, 11) is 1.60. The van der Waals surface area contributed by atoms with E-state index in [1.54, 1.807) is 17.8 Å². The van der Waals surface area contributed by atoms with E-state index in [-0.39, 0.29) is 0 Å². The van der Waals surface area contributed by atoms with E-state index in [0.29, 0.717) is 5.88 Å². The van der Waals surface area contributed by atoms with Crippen LogP contribution in [0.1, 0.15) is 0 Å². The van der Waals surface area contributed by atoms with Crippen LogP contribution in [0.25, 0.3) is 16.9 Å². The smallest absolute Gasteiger partial charge is 0.213 e. The molecule has 3 heterocycles. The number of hydrogen-bond acceptors (Lipinski definition) is 4. The van der Waals surface area contributed by atoms with Crippen molar-refractivity contribution < 1.29 is 4.74 Å². The van der Waals surface area contributed by atoms with Gasteiger partial charge in [-0.15, -0.1) is 0 Å². The lowest BCUT2D eigenvalue weighted by Crippen LogP contribution is -1.94. The standard InChI is InChI=1S/C12H10N4O/c1-17-12-7-9(5-6-13-12)10-3-2-4-11-14-8-15-16(10)11/h2-8H,1H3. The Morgan fingerprint density at radius 2 is 2.12 bits per heavy atom. The first kappa shape index (κ1) is 9.77. The second-order valence-corrected chi connectivity index (χ2v) is 3.53. The highest BCUT2D eigenvalue weighted by atomic mass is 16.5. The third-order valence-electron chi connectivity index (χ3n) is 2.54. The van der Waals surface area contributed by atoms with E-state index in [4.69, 9.17) is 4.74 Å². The molecule has 0 aliphatic carbocycles. The van der Waals surface area contributed by atoms with Gasteiger partial charge in [0.2, 0.25) is 5.88 Å². The minimum atomic E-state index is 0.583. The molecule has 0 spiro atoms. The highest BCUT2D eigenvalue weighted by Crippen LogP contribution is 2.21. The molecule has 0 bridgehead atoms. The van der Waals surface area contributed by atoms with E-state index >= 15 is 0 Å². The summed E-state index contributed by atoms with van der Waals surface area (Å²) in [5.74, 6) is 0.583. The summed E-state index contributed by atoms with van der Waals surface area (Å²) in [5, 5.41) is 4.19. The van der Waals surface area contributed by atoms with Crippen LogP contribution in [-0.4, -0.2) is 26.7 Å². The number of aromatic nitrogens is 4. The molecule has 0 aliphatic rings. The Labute approximate surface area is 97.7 Å². The van der Waals surface area contributed by atoms with Gasteiger partial charge >= 0.3 is 0 Å². The first-order chi connectivity index (χ1) is 8.38. The predicted molar refractivity (Wildman–Crippen MR) is 62.8 cm³/mol. The van der Waals surface area contributed by atoms with Gasteiger partial charge in [0.1, 0.15) is 6.33 Å². The first-order valence-electron chi connectivity index (χ1n) is 5.17. The Kier molecular flexibility index (Phi) is 2.22. The van der Waals surface area contributed by atoms with E-state index in [1.807, 2.05) is 30.3 Å². The van der Waals surface area contributed by atoms with Crippen LogP contribution in [-0.2, 0) is 0 Å². The molecule has 0 N–H and O–H groups in total. The number of rotatable bonds is 2. The molecule has 0 fully saturated rings.